The molecule has 0 spiro atoms. The lowest BCUT2D eigenvalue weighted by Gasteiger charge is -2.38. The van der Waals surface area contributed by atoms with Gasteiger partial charge in [0, 0.05) is 36.3 Å². The molecular formula is C48H54N2O8. The number of nitrogens with zero attached hydrogens (tertiary/aromatic N) is 2. The van der Waals surface area contributed by atoms with Crippen molar-refractivity contribution in [3.63, 3.8) is 0 Å². The fraction of sp³-hybridized carbons (Fsp3) is 0.375. The number of hydrogen-bond donors (Lipinski definition) is 0. The Balaban J connectivity index is 1.24. The largest absolute Gasteiger partial charge is 0.493 e. The van der Waals surface area contributed by atoms with E-state index in [1.807, 2.05) is 24.3 Å². The first-order valence-electron chi connectivity index (χ1n) is 20.0. The minimum atomic E-state index is -0.0695. The summed E-state index contributed by atoms with van der Waals surface area (Å²) in [7, 11) is 12.8. The first kappa shape index (κ1) is 39.4. The Morgan fingerprint density at radius 1 is 0.621 bits per heavy atom. The molecule has 4 aliphatic rings. The van der Waals surface area contributed by atoms with Gasteiger partial charge >= 0.3 is 0 Å². The van der Waals surface area contributed by atoms with E-state index in [0.29, 0.717) is 66.3 Å². The van der Waals surface area contributed by atoms with E-state index in [1.54, 1.807) is 35.5 Å². The molecule has 4 aliphatic heterocycles. The predicted octanol–water partition coefficient (Wildman–Crippen LogP) is 8.93. The highest BCUT2D eigenvalue weighted by Crippen LogP contribution is 2.53. The Hall–Kier alpha value is -5.42. The SMILES string of the molecule is COc1ccc(CCOCc2c3c4c(c(OC)c2OC)Oc2ccc5c(c2)[C@H](Cc2ccc(cc2)Oc2cc(ccc2OC)C[C@@H]4N(C)CC3)N(C)CC5)cc1OC. The van der Waals surface area contributed by atoms with Crippen LogP contribution in [0, 0.1) is 0 Å². The molecule has 10 nitrogen and oxygen atoms in total. The Labute approximate surface area is 342 Å². The smallest absolute Gasteiger partial charge is 0.204 e. The fourth-order valence-corrected chi connectivity index (χ4v) is 8.86. The van der Waals surface area contributed by atoms with Crippen LogP contribution in [0.3, 0.4) is 0 Å². The topological polar surface area (TPSA) is 80.3 Å². The van der Waals surface area contributed by atoms with Crippen molar-refractivity contribution in [2.75, 3.05) is 69.3 Å². The molecule has 2 atom stereocenters. The number of ether oxygens (including phenoxy) is 8. The second-order valence-corrected chi connectivity index (χ2v) is 15.4. The summed E-state index contributed by atoms with van der Waals surface area (Å²) in [6, 6.07) is 27.3. The predicted molar refractivity (Wildman–Crippen MR) is 224 cm³/mol. The molecule has 0 aromatic heterocycles. The van der Waals surface area contributed by atoms with Gasteiger partial charge in [0.05, 0.1) is 48.8 Å². The quantitative estimate of drug-likeness (QED) is 0.128. The van der Waals surface area contributed by atoms with Crippen molar-refractivity contribution in [3.05, 3.63) is 123 Å². The molecule has 0 amide bonds. The first-order valence-corrected chi connectivity index (χ1v) is 20.0. The number of fused-ring (bicyclic) bond motifs is 2. The number of likely N-dealkylation sites (N-methyl/N-ethyl adjacent to an activating group) is 2. The molecule has 0 N–H and O–H groups in total. The van der Waals surface area contributed by atoms with E-state index >= 15 is 0 Å². The fourth-order valence-electron chi connectivity index (χ4n) is 8.86. The van der Waals surface area contributed by atoms with Gasteiger partial charge in [-0.2, -0.15) is 0 Å². The van der Waals surface area contributed by atoms with Gasteiger partial charge in [-0.15, -0.1) is 0 Å². The van der Waals surface area contributed by atoms with Gasteiger partial charge in [0.25, 0.3) is 0 Å². The Kier molecular flexibility index (Phi) is 11.7. The Morgan fingerprint density at radius 2 is 1.31 bits per heavy atom. The van der Waals surface area contributed by atoms with Gasteiger partial charge in [0.15, 0.2) is 34.5 Å². The standard InChI is InChI=1S/C48H54N2O8/c1-49-21-18-33-12-15-35-28-37(33)39(49)24-30-8-13-34(14-9-30)57-44-27-32(11-17-42(44)52-4)25-40-45-36(19-22-50(40)2)38(46(54-6)48(55-7)47(45)58-35)29-56-23-20-31-10-16-41(51-3)43(26-31)53-5/h8-17,26-28,39-40H,18-25,29H2,1-7H3/t39-,40-/m0/s1. The number of rotatable bonds is 10. The van der Waals surface area contributed by atoms with Crippen LogP contribution >= 0.6 is 0 Å². The van der Waals surface area contributed by atoms with Gasteiger partial charge < -0.3 is 37.9 Å². The van der Waals surface area contributed by atoms with E-state index in [2.05, 4.69) is 78.5 Å². The summed E-state index contributed by atoms with van der Waals surface area (Å²) in [4.78, 5) is 4.85. The minimum Gasteiger partial charge on any atom is -0.493 e. The van der Waals surface area contributed by atoms with Crippen LogP contribution < -0.4 is 33.2 Å². The van der Waals surface area contributed by atoms with Crippen molar-refractivity contribution in [3.8, 4) is 51.7 Å². The molecular weight excluding hydrogens is 733 g/mol. The van der Waals surface area contributed by atoms with Crippen LogP contribution in [0.15, 0.2) is 78.9 Å². The maximum atomic E-state index is 7.15. The third-order valence-corrected chi connectivity index (χ3v) is 12.0. The van der Waals surface area contributed by atoms with Gasteiger partial charge in [-0.3, -0.25) is 9.80 Å². The molecule has 5 aromatic carbocycles. The molecule has 5 aromatic rings. The number of hydrogen-bond acceptors (Lipinski definition) is 10. The van der Waals surface area contributed by atoms with E-state index < -0.39 is 0 Å². The van der Waals surface area contributed by atoms with Crippen LogP contribution in [-0.2, 0) is 43.4 Å². The highest BCUT2D eigenvalue weighted by molar-refractivity contribution is 5.66. The molecule has 304 valence electrons. The average molecular weight is 787 g/mol. The molecule has 0 aliphatic carbocycles. The zero-order chi connectivity index (χ0) is 40.3. The lowest BCUT2D eigenvalue weighted by molar-refractivity contribution is 0.119. The van der Waals surface area contributed by atoms with Crippen molar-refractivity contribution in [1.82, 2.24) is 9.80 Å². The second-order valence-electron chi connectivity index (χ2n) is 15.4. The third-order valence-electron chi connectivity index (χ3n) is 12.0. The third kappa shape index (κ3) is 7.76. The van der Waals surface area contributed by atoms with Gasteiger partial charge in [0.2, 0.25) is 5.75 Å². The summed E-state index contributed by atoms with van der Waals surface area (Å²) < 4.78 is 49.5. The number of benzene rings is 5. The van der Waals surface area contributed by atoms with Crippen LogP contribution in [-0.4, -0.2) is 79.1 Å². The van der Waals surface area contributed by atoms with Crippen molar-refractivity contribution in [2.24, 2.45) is 0 Å². The molecule has 4 heterocycles. The van der Waals surface area contributed by atoms with E-state index in [1.165, 1.54) is 16.7 Å². The lowest BCUT2D eigenvalue weighted by atomic mass is 9.84. The van der Waals surface area contributed by atoms with Crippen LogP contribution in [0.5, 0.6) is 51.7 Å². The minimum absolute atomic E-state index is 0.0695. The lowest BCUT2D eigenvalue weighted by Crippen LogP contribution is -2.35. The van der Waals surface area contributed by atoms with Gasteiger partial charge in [0.1, 0.15) is 11.5 Å². The summed E-state index contributed by atoms with van der Waals surface area (Å²) in [6.45, 7) is 2.67. The molecule has 10 heteroatoms. The van der Waals surface area contributed by atoms with Crippen molar-refractivity contribution >= 4 is 0 Å². The molecule has 9 rings (SSSR count). The van der Waals surface area contributed by atoms with E-state index in [-0.39, 0.29) is 12.1 Å². The summed E-state index contributed by atoms with van der Waals surface area (Å²) in [5.74, 6) is 6.14. The van der Waals surface area contributed by atoms with Crippen molar-refractivity contribution in [2.45, 2.75) is 50.8 Å². The zero-order valence-electron chi connectivity index (χ0n) is 34.7. The maximum Gasteiger partial charge on any atom is 0.204 e. The van der Waals surface area contributed by atoms with Gasteiger partial charge in [-0.05, 0) is 128 Å². The first-order chi connectivity index (χ1) is 28.3. The van der Waals surface area contributed by atoms with E-state index in [9.17, 15) is 0 Å². The Morgan fingerprint density at radius 3 is 2.07 bits per heavy atom. The summed E-state index contributed by atoms with van der Waals surface area (Å²) in [5.41, 5.74) is 9.27. The van der Waals surface area contributed by atoms with Crippen molar-refractivity contribution in [1.29, 1.82) is 0 Å². The molecule has 0 unspecified atom stereocenters. The molecule has 0 radical (unpaired) electrons. The normalized spacial score (nSPS) is 17.6. The highest BCUT2D eigenvalue weighted by atomic mass is 16.5. The van der Waals surface area contributed by atoms with E-state index in [4.69, 9.17) is 37.9 Å². The average Bonchev–Trinajstić information content (AvgIpc) is 3.24. The zero-order valence-corrected chi connectivity index (χ0v) is 34.7. The van der Waals surface area contributed by atoms with Crippen LogP contribution in [0.1, 0.15) is 56.6 Å². The van der Waals surface area contributed by atoms with Gasteiger partial charge in [-0.1, -0.05) is 30.3 Å². The summed E-state index contributed by atoms with van der Waals surface area (Å²) >= 11 is 0. The Bertz CT molecular complexity index is 2260. The van der Waals surface area contributed by atoms with Crippen LogP contribution in [0.25, 0.3) is 0 Å². The molecule has 0 saturated carbocycles. The van der Waals surface area contributed by atoms with Crippen LogP contribution in [0.2, 0.25) is 0 Å². The highest BCUT2D eigenvalue weighted by Gasteiger charge is 2.37. The molecule has 58 heavy (non-hydrogen) atoms. The maximum absolute atomic E-state index is 7.15. The van der Waals surface area contributed by atoms with Crippen molar-refractivity contribution < 1.29 is 37.9 Å². The summed E-state index contributed by atoms with van der Waals surface area (Å²) in [6.07, 6.45) is 4.01. The summed E-state index contributed by atoms with van der Waals surface area (Å²) in [5, 5.41) is 0. The molecule has 0 saturated heterocycles. The second kappa shape index (κ2) is 17.2. The molecule has 6 bridgehead atoms. The van der Waals surface area contributed by atoms with Crippen LogP contribution in [0.4, 0.5) is 0 Å². The van der Waals surface area contributed by atoms with Gasteiger partial charge in [-0.25, -0.2) is 0 Å². The monoisotopic (exact) mass is 786 g/mol. The number of methoxy groups -OCH3 is 5. The van der Waals surface area contributed by atoms with E-state index in [0.717, 1.165) is 71.7 Å². The molecule has 0 fully saturated rings.